The highest BCUT2D eigenvalue weighted by Gasteiger charge is 2.11. The van der Waals surface area contributed by atoms with E-state index in [4.69, 9.17) is 0 Å². The molecular formula is C12H20N2S. The lowest BCUT2D eigenvalue weighted by Gasteiger charge is -2.12. The summed E-state index contributed by atoms with van der Waals surface area (Å²) >= 11 is 1.79. The Morgan fingerprint density at radius 2 is 2.20 bits per heavy atom. The average molecular weight is 224 g/mol. The lowest BCUT2D eigenvalue weighted by atomic mass is 10.2. The summed E-state index contributed by atoms with van der Waals surface area (Å²) in [5, 5.41) is 4.64. The molecule has 0 saturated heterocycles. The Balaban J connectivity index is 2.50. The minimum Gasteiger partial charge on any atom is -0.309 e. The van der Waals surface area contributed by atoms with Crippen LogP contribution in [0.2, 0.25) is 0 Å². The fourth-order valence-corrected chi connectivity index (χ4v) is 2.50. The number of nitrogens with one attached hydrogen (secondary N) is 1. The monoisotopic (exact) mass is 224 g/mol. The zero-order chi connectivity index (χ0) is 11.4. The first-order chi connectivity index (χ1) is 7.00. The van der Waals surface area contributed by atoms with Crippen molar-refractivity contribution in [2.24, 2.45) is 0 Å². The third kappa shape index (κ3) is 3.76. The van der Waals surface area contributed by atoms with Crippen molar-refractivity contribution in [2.75, 3.05) is 6.54 Å². The summed E-state index contributed by atoms with van der Waals surface area (Å²) in [5.74, 6) is 0. The molecule has 3 heteroatoms. The molecule has 1 unspecified atom stereocenters. The molecule has 84 valence electrons. The highest BCUT2D eigenvalue weighted by atomic mass is 32.1. The molecule has 0 aromatic carbocycles. The van der Waals surface area contributed by atoms with E-state index in [2.05, 4.69) is 44.6 Å². The van der Waals surface area contributed by atoms with E-state index in [1.807, 2.05) is 0 Å². The molecule has 1 atom stereocenters. The van der Waals surface area contributed by atoms with Crippen LogP contribution >= 0.6 is 11.3 Å². The van der Waals surface area contributed by atoms with E-state index in [0.717, 1.165) is 23.7 Å². The second-order valence-electron chi connectivity index (χ2n) is 4.07. The summed E-state index contributed by atoms with van der Waals surface area (Å²) in [7, 11) is 0. The summed E-state index contributed by atoms with van der Waals surface area (Å²) < 4.78 is 0. The lowest BCUT2D eigenvalue weighted by Crippen LogP contribution is -2.19. The van der Waals surface area contributed by atoms with E-state index in [0.29, 0.717) is 6.04 Å². The number of thiazole rings is 1. The zero-order valence-corrected chi connectivity index (χ0v) is 10.9. The van der Waals surface area contributed by atoms with Crippen molar-refractivity contribution in [3.05, 3.63) is 27.7 Å². The van der Waals surface area contributed by atoms with Gasteiger partial charge < -0.3 is 5.32 Å². The van der Waals surface area contributed by atoms with Crippen molar-refractivity contribution in [1.82, 2.24) is 10.3 Å². The Labute approximate surface area is 96.4 Å². The molecule has 1 N–H and O–H groups in total. The highest BCUT2D eigenvalue weighted by molar-refractivity contribution is 7.11. The fourth-order valence-electron chi connectivity index (χ4n) is 1.54. The molecule has 1 aromatic rings. The third-order valence-corrected chi connectivity index (χ3v) is 3.59. The van der Waals surface area contributed by atoms with Crippen LogP contribution in [0.25, 0.3) is 0 Å². The molecule has 0 amide bonds. The summed E-state index contributed by atoms with van der Waals surface area (Å²) in [4.78, 5) is 5.79. The molecule has 0 aliphatic carbocycles. The van der Waals surface area contributed by atoms with Crippen molar-refractivity contribution in [3.8, 4) is 0 Å². The Kier molecular flexibility index (Phi) is 4.48. The molecule has 0 aliphatic heterocycles. The van der Waals surface area contributed by atoms with E-state index < -0.39 is 0 Å². The van der Waals surface area contributed by atoms with E-state index >= 15 is 0 Å². The van der Waals surface area contributed by atoms with Gasteiger partial charge in [0.15, 0.2) is 0 Å². The molecular weight excluding hydrogens is 204 g/mol. The molecule has 0 radical (unpaired) electrons. The first-order valence-corrected chi connectivity index (χ1v) is 6.14. The molecule has 15 heavy (non-hydrogen) atoms. The van der Waals surface area contributed by atoms with Gasteiger partial charge in [0, 0.05) is 10.9 Å². The van der Waals surface area contributed by atoms with Crippen molar-refractivity contribution in [1.29, 1.82) is 0 Å². The highest BCUT2D eigenvalue weighted by Crippen LogP contribution is 2.24. The van der Waals surface area contributed by atoms with Crippen LogP contribution in [0.4, 0.5) is 0 Å². The van der Waals surface area contributed by atoms with Crippen LogP contribution < -0.4 is 5.32 Å². The van der Waals surface area contributed by atoms with Gasteiger partial charge in [0.2, 0.25) is 0 Å². The number of aromatic nitrogens is 1. The lowest BCUT2D eigenvalue weighted by molar-refractivity contribution is 0.580. The predicted molar refractivity (Wildman–Crippen MR) is 67.4 cm³/mol. The molecule has 0 aliphatic rings. The van der Waals surface area contributed by atoms with Crippen molar-refractivity contribution >= 4 is 11.3 Å². The zero-order valence-electron chi connectivity index (χ0n) is 10.1. The average Bonchev–Trinajstić information content (AvgIpc) is 2.44. The first kappa shape index (κ1) is 12.4. The Hall–Kier alpha value is -0.670. The maximum Gasteiger partial charge on any atom is 0.0900 e. The summed E-state index contributed by atoms with van der Waals surface area (Å²) in [5.41, 5.74) is 2.39. The van der Waals surface area contributed by atoms with E-state index in [1.165, 1.54) is 10.5 Å². The van der Waals surface area contributed by atoms with Gasteiger partial charge in [-0.15, -0.1) is 17.9 Å². The summed E-state index contributed by atoms with van der Waals surface area (Å²) in [6.45, 7) is 13.3. The Bertz CT molecular complexity index is 341. The summed E-state index contributed by atoms with van der Waals surface area (Å²) in [6, 6.07) is 0.399. The maximum atomic E-state index is 4.44. The van der Waals surface area contributed by atoms with E-state index in [1.54, 1.807) is 11.3 Å². The molecule has 1 rings (SSSR count). The number of hydrogen-bond acceptors (Lipinski definition) is 3. The van der Waals surface area contributed by atoms with Gasteiger partial charge in [-0.2, -0.15) is 0 Å². The number of hydrogen-bond donors (Lipinski definition) is 1. The van der Waals surface area contributed by atoms with Gasteiger partial charge in [-0.3, -0.25) is 0 Å². The van der Waals surface area contributed by atoms with Crippen LogP contribution in [0.3, 0.4) is 0 Å². The van der Waals surface area contributed by atoms with Crippen LogP contribution in [-0.2, 0) is 0 Å². The van der Waals surface area contributed by atoms with Crippen LogP contribution in [-0.4, -0.2) is 11.5 Å². The molecule has 2 nitrogen and oxygen atoms in total. The van der Waals surface area contributed by atoms with Crippen molar-refractivity contribution in [2.45, 2.75) is 40.2 Å². The smallest absolute Gasteiger partial charge is 0.0900 e. The Morgan fingerprint density at radius 3 is 2.67 bits per heavy atom. The standard InChI is InChI=1S/C12H20N2S/c1-8(2)6-7-13-9(3)12-10(4)14-11(5)15-12/h9,13H,1,6-7H2,2-5H3. The van der Waals surface area contributed by atoms with Gasteiger partial charge in [-0.1, -0.05) is 5.57 Å². The van der Waals surface area contributed by atoms with E-state index in [9.17, 15) is 0 Å². The Morgan fingerprint density at radius 1 is 1.53 bits per heavy atom. The first-order valence-electron chi connectivity index (χ1n) is 5.32. The van der Waals surface area contributed by atoms with Crippen molar-refractivity contribution in [3.63, 3.8) is 0 Å². The quantitative estimate of drug-likeness (QED) is 0.776. The van der Waals surface area contributed by atoms with E-state index in [-0.39, 0.29) is 0 Å². The van der Waals surface area contributed by atoms with Crippen LogP contribution in [0.1, 0.15) is 41.9 Å². The minimum absolute atomic E-state index is 0.399. The SMILES string of the molecule is C=C(C)CCNC(C)c1sc(C)nc1C. The third-order valence-electron chi connectivity index (χ3n) is 2.33. The normalized spacial score (nSPS) is 12.8. The largest absolute Gasteiger partial charge is 0.309 e. The van der Waals surface area contributed by atoms with Crippen molar-refractivity contribution < 1.29 is 0 Å². The van der Waals surface area contributed by atoms with Gasteiger partial charge in [0.25, 0.3) is 0 Å². The van der Waals surface area contributed by atoms with Crippen LogP contribution in [0.5, 0.6) is 0 Å². The topological polar surface area (TPSA) is 24.9 Å². The number of rotatable bonds is 5. The van der Waals surface area contributed by atoms with Gasteiger partial charge >= 0.3 is 0 Å². The van der Waals surface area contributed by atoms with Gasteiger partial charge in [0.1, 0.15) is 0 Å². The summed E-state index contributed by atoms with van der Waals surface area (Å²) in [6.07, 6.45) is 1.04. The maximum absolute atomic E-state index is 4.44. The van der Waals surface area contributed by atoms with Gasteiger partial charge in [-0.25, -0.2) is 4.98 Å². The molecule has 0 fully saturated rings. The second kappa shape index (κ2) is 5.42. The molecule has 1 heterocycles. The fraction of sp³-hybridized carbons (Fsp3) is 0.583. The molecule has 0 saturated carbocycles. The van der Waals surface area contributed by atoms with Gasteiger partial charge in [-0.05, 0) is 40.7 Å². The second-order valence-corrected chi connectivity index (χ2v) is 5.30. The molecule has 0 bridgehead atoms. The predicted octanol–water partition coefficient (Wildman–Crippen LogP) is 3.38. The molecule has 1 aromatic heterocycles. The van der Waals surface area contributed by atoms with Gasteiger partial charge in [0.05, 0.1) is 10.7 Å². The van der Waals surface area contributed by atoms with Crippen LogP contribution in [0.15, 0.2) is 12.2 Å². The number of nitrogens with zero attached hydrogens (tertiary/aromatic N) is 1. The molecule has 0 spiro atoms. The van der Waals surface area contributed by atoms with Crippen LogP contribution in [0, 0.1) is 13.8 Å². The minimum atomic E-state index is 0.399. The number of aryl methyl sites for hydroxylation is 2.